The van der Waals surface area contributed by atoms with E-state index in [1.165, 1.54) is 4.42 Å². The summed E-state index contributed by atoms with van der Waals surface area (Å²) in [5.74, 6) is 1.07. The maximum absolute atomic E-state index is 12.5. The molecule has 0 spiro atoms. The van der Waals surface area contributed by atoms with Gasteiger partial charge in [-0.2, -0.15) is 0 Å². The van der Waals surface area contributed by atoms with E-state index in [1.807, 2.05) is 44.7 Å². The van der Waals surface area contributed by atoms with Gasteiger partial charge >= 0.3 is 6.09 Å². The molecule has 1 aliphatic carbocycles. The normalized spacial score (nSPS) is 19.4. The molecule has 0 bridgehead atoms. The lowest BCUT2D eigenvalue weighted by molar-refractivity contribution is 0.0129. The quantitative estimate of drug-likeness (QED) is 0.561. The van der Waals surface area contributed by atoms with Crippen LogP contribution in [0.4, 0.5) is 10.6 Å². The Kier molecular flexibility index (Phi) is 7.18. The monoisotopic (exact) mass is 451 g/mol. The molecule has 0 N–H and O–H groups in total. The highest BCUT2D eigenvalue weighted by molar-refractivity contribution is 7.14. The lowest BCUT2D eigenvalue weighted by Gasteiger charge is -2.36. The molecule has 2 aromatic heterocycles. The predicted octanol–water partition coefficient (Wildman–Crippen LogP) is 5.47. The standard InChI is InChI=1S/C21H30ClN5O2S/c1-6-27(20(28)29-21(2,3)4)16-10-7-14(8-11-16)18-24-25-19(30-18)15-9-12-17(23-13-15)26(5)22/h9,12-14,16H,6-8,10-11H2,1-5H3. The molecule has 0 atom stereocenters. The van der Waals surface area contributed by atoms with E-state index < -0.39 is 5.60 Å². The van der Waals surface area contributed by atoms with Crippen LogP contribution in [0.5, 0.6) is 0 Å². The van der Waals surface area contributed by atoms with Gasteiger partial charge in [0.25, 0.3) is 0 Å². The predicted molar refractivity (Wildman–Crippen MR) is 121 cm³/mol. The van der Waals surface area contributed by atoms with Crippen LogP contribution in [0.25, 0.3) is 10.6 Å². The number of anilines is 1. The highest BCUT2D eigenvalue weighted by Crippen LogP contribution is 2.38. The number of ether oxygens (including phenoxy) is 1. The van der Waals surface area contributed by atoms with Gasteiger partial charge in [-0.05, 0) is 65.5 Å². The zero-order valence-corrected chi connectivity index (χ0v) is 19.8. The molecule has 1 aliphatic rings. The van der Waals surface area contributed by atoms with Gasteiger partial charge in [0, 0.05) is 49.1 Å². The Bertz CT molecular complexity index is 842. The minimum Gasteiger partial charge on any atom is -0.444 e. The van der Waals surface area contributed by atoms with Crippen LogP contribution in [-0.2, 0) is 4.74 Å². The van der Waals surface area contributed by atoms with Crippen LogP contribution in [0, 0.1) is 0 Å². The molecule has 9 heteroatoms. The molecule has 0 unspecified atom stereocenters. The lowest BCUT2D eigenvalue weighted by Crippen LogP contribution is -2.44. The molecule has 2 heterocycles. The van der Waals surface area contributed by atoms with E-state index in [1.54, 1.807) is 24.6 Å². The molecule has 0 aliphatic heterocycles. The van der Waals surface area contributed by atoms with Crippen molar-refractivity contribution >= 4 is 35.0 Å². The third kappa shape index (κ3) is 5.60. The van der Waals surface area contributed by atoms with Crippen molar-refractivity contribution in [2.75, 3.05) is 18.0 Å². The van der Waals surface area contributed by atoms with Gasteiger partial charge < -0.3 is 9.64 Å². The first-order valence-electron chi connectivity index (χ1n) is 10.4. The largest absolute Gasteiger partial charge is 0.444 e. The van der Waals surface area contributed by atoms with Crippen LogP contribution in [0.2, 0.25) is 0 Å². The first kappa shape index (κ1) is 22.7. The number of hydrogen-bond donors (Lipinski definition) is 0. The first-order chi connectivity index (χ1) is 14.2. The number of carbonyl (C=O) groups is 1. The molecule has 7 nitrogen and oxygen atoms in total. The van der Waals surface area contributed by atoms with Gasteiger partial charge in [-0.3, -0.25) is 4.42 Å². The minimum absolute atomic E-state index is 0.217. The fourth-order valence-corrected chi connectivity index (χ4v) is 4.80. The van der Waals surface area contributed by atoms with Gasteiger partial charge in [0.1, 0.15) is 21.4 Å². The maximum Gasteiger partial charge on any atom is 0.410 e. The maximum atomic E-state index is 12.5. The number of halogens is 1. The zero-order valence-electron chi connectivity index (χ0n) is 18.3. The van der Waals surface area contributed by atoms with Crippen molar-refractivity contribution < 1.29 is 9.53 Å². The average Bonchev–Trinajstić information content (AvgIpc) is 3.18. The van der Waals surface area contributed by atoms with Crippen molar-refractivity contribution in [3.05, 3.63) is 23.3 Å². The van der Waals surface area contributed by atoms with E-state index in [2.05, 4.69) is 15.2 Å². The highest BCUT2D eigenvalue weighted by Gasteiger charge is 2.32. The Morgan fingerprint density at radius 3 is 2.47 bits per heavy atom. The second kappa shape index (κ2) is 9.47. The van der Waals surface area contributed by atoms with Crippen LogP contribution < -0.4 is 4.42 Å². The summed E-state index contributed by atoms with van der Waals surface area (Å²) >= 11 is 7.54. The zero-order chi connectivity index (χ0) is 21.9. The van der Waals surface area contributed by atoms with Gasteiger partial charge in [0.05, 0.1) is 0 Å². The van der Waals surface area contributed by atoms with E-state index in [0.717, 1.165) is 41.3 Å². The van der Waals surface area contributed by atoms with Crippen molar-refractivity contribution in [3.63, 3.8) is 0 Å². The number of hydrogen-bond acceptors (Lipinski definition) is 7. The summed E-state index contributed by atoms with van der Waals surface area (Å²) in [6, 6.07) is 4.05. The molecule has 1 amide bonds. The Labute approximate surface area is 187 Å². The molecule has 1 saturated carbocycles. The SMILES string of the molecule is CCN(C(=O)OC(C)(C)C)C1CCC(c2nnc(-c3ccc(N(C)Cl)nc3)s2)CC1. The fraction of sp³-hybridized carbons (Fsp3) is 0.619. The van der Waals surface area contributed by atoms with E-state index in [9.17, 15) is 4.79 Å². The summed E-state index contributed by atoms with van der Waals surface area (Å²) in [6.07, 6.45) is 5.44. The van der Waals surface area contributed by atoms with Crippen LogP contribution in [0.3, 0.4) is 0 Å². The van der Waals surface area contributed by atoms with Crippen molar-refractivity contribution in [2.24, 2.45) is 0 Å². The number of amides is 1. The van der Waals surface area contributed by atoms with E-state index >= 15 is 0 Å². The Morgan fingerprint density at radius 1 is 1.23 bits per heavy atom. The van der Waals surface area contributed by atoms with Gasteiger partial charge in [-0.1, -0.05) is 11.3 Å². The molecule has 0 radical (unpaired) electrons. The summed E-state index contributed by atoms with van der Waals surface area (Å²) in [5, 5.41) is 10.7. The third-order valence-corrected chi connectivity index (χ3v) is 6.51. The minimum atomic E-state index is -0.475. The van der Waals surface area contributed by atoms with Gasteiger partial charge in [-0.15, -0.1) is 10.2 Å². The molecular formula is C21H30ClN5O2S. The summed E-state index contributed by atoms with van der Waals surface area (Å²) in [6.45, 7) is 8.38. The molecular weight excluding hydrogens is 422 g/mol. The highest BCUT2D eigenvalue weighted by atomic mass is 35.5. The third-order valence-electron chi connectivity index (χ3n) is 5.21. The fourth-order valence-electron chi connectivity index (χ4n) is 3.70. The van der Waals surface area contributed by atoms with Crippen molar-refractivity contribution in [1.29, 1.82) is 0 Å². The Morgan fingerprint density at radius 2 is 1.93 bits per heavy atom. The Balaban J connectivity index is 1.61. The van der Waals surface area contributed by atoms with Crippen LogP contribution in [-0.4, -0.2) is 51.4 Å². The van der Waals surface area contributed by atoms with Crippen molar-refractivity contribution in [2.45, 2.75) is 70.9 Å². The first-order valence-corrected chi connectivity index (χ1v) is 11.5. The van der Waals surface area contributed by atoms with E-state index in [0.29, 0.717) is 18.3 Å². The van der Waals surface area contributed by atoms with Gasteiger partial charge in [-0.25, -0.2) is 9.78 Å². The molecule has 0 saturated heterocycles. The van der Waals surface area contributed by atoms with Gasteiger partial charge in [0.15, 0.2) is 0 Å². The number of aromatic nitrogens is 3. The lowest BCUT2D eigenvalue weighted by atomic mass is 9.86. The molecule has 30 heavy (non-hydrogen) atoms. The molecule has 2 aromatic rings. The van der Waals surface area contributed by atoms with E-state index in [4.69, 9.17) is 16.5 Å². The summed E-state index contributed by atoms with van der Waals surface area (Å²) in [7, 11) is 1.74. The smallest absolute Gasteiger partial charge is 0.410 e. The number of carbonyl (C=O) groups excluding carboxylic acids is 1. The van der Waals surface area contributed by atoms with Crippen LogP contribution >= 0.6 is 23.1 Å². The number of nitrogens with zero attached hydrogens (tertiary/aromatic N) is 5. The topological polar surface area (TPSA) is 71.5 Å². The number of rotatable bonds is 5. The second-order valence-corrected chi connectivity index (χ2v) is 10.1. The molecule has 164 valence electrons. The van der Waals surface area contributed by atoms with Crippen molar-refractivity contribution in [3.8, 4) is 10.6 Å². The average molecular weight is 452 g/mol. The van der Waals surface area contributed by atoms with E-state index in [-0.39, 0.29) is 12.1 Å². The summed E-state index contributed by atoms with van der Waals surface area (Å²) in [4.78, 5) is 18.7. The molecule has 3 rings (SSSR count). The second-order valence-electron chi connectivity index (χ2n) is 8.60. The Hall–Kier alpha value is -1.93. The summed E-state index contributed by atoms with van der Waals surface area (Å²) in [5.41, 5.74) is 0.466. The van der Waals surface area contributed by atoms with Crippen molar-refractivity contribution in [1.82, 2.24) is 20.1 Å². The summed E-state index contributed by atoms with van der Waals surface area (Å²) < 4.78 is 7.03. The van der Waals surface area contributed by atoms with Crippen LogP contribution in [0.15, 0.2) is 18.3 Å². The molecule has 0 aromatic carbocycles. The number of pyridine rings is 1. The van der Waals surface area contributed by atoms with Crippen LogP contribution in [0.1, 0.15) is 64.3 Å². The molecule has 1 fully saturated rings. The van der Waals surface area contributed by atoms with Gasteiger partial charge in [0.2, 0.25) is 0 Å².